The summed E-state index contributed by atoms with van der Waals surface area (Å²) in [6.45, 7) is 1.68. The first kappa shape index (κ1) is 5.15. The molecule has 1 aliphatic rings. The number of rotatable bonds is 0. The quantitative estimate of drug-likeness (QED) is 0.463. The molecule has 1 heterocycles. The van der Waals surface area contributed by atoms with Gasteiger partial charge < -0.3 is 9.84 Å². The largest absolute Gasteiger partial charge is 0.502 e. The number of aliphatic hydroxyl groups excluding tert-OH is 1. The molecule has 1 atom stereocenters. The van der Waals surface area contributed by atoms with Gasteiger partial charge in [0, 0.05) is 6.08 Å². The summed E-state index contributed by atoms with van der Waals surface area (Å²) >= 11 is 0. The lowest BCUT2D eigenvalue weighted by atomic mass is 10.4. The summed E-state index contributed by atoms with van der Waals surface area (Å²) in [5, 5.41) is 8.55. The second-order valence-electron chi connectivity index (χ2n) is 1.66. The molecule has 1 rings (SSSR count). The molecule has 1 aliphatic heterocycles. The summed E-state index contributed by atoms with van der Waals surface area (Å²) in [6, 6.07) is 0. The average molecular weight is 114 g/mol. The smallest absolute Gasteiger partial charge is 0.373 e. The number of hydrogen-bond acceptors (Lipinski definition) is 3. The van der Waals surface area contributed by atoms with Crippen LogP contribution in [0.1, 0.15) is 6.92 Å². The zero-order valence-corrected chi connectivity index (χ0v) is 4.42. The zero-order valence-electron chi connectivity index (χ0n) is 4.42. The first-order valence-electron chi connectivity index (χ1n) is 2.32. The van der Waals surface area contributed by atoms with Crippen molar-refractivity contribution < 1.29 is 14.6 Å². The van der Waals surface area contributed by atoms with Gasteiger partial charge in [-0.05, 0) is 6.92 Å². The highest BCUT2D eigenvalue weighted by atomic mass is 16.6. The molecule has 0 fully saturated rings. The number of hydrogen-bond donors (Lipinski definition) is 1. The molecule has 3 nitrogen and oxygen atoms in total. The van der Waals surface area contributed by atoms with Gasteiger partial charge in [0.05, 0.1) is 0 Å². The van der Waals surface area contributed by atoms with Crippen LogP contribution in [0.3, 0.4) is 0 Å². The van der Waals surface area contributed by atoms with E-state index in [1.165, 1.54) is 6.08 Å². The van der Waals surface area contributed by atoms with Crippen LogP contribution in [0.4, 0.5) is 0 Å². The molecule has 0 aliphatic carbocycles. The SMILES string of the molecule is C[C@H]1C=C(O)C(=O)O1. The Labute approximate surface area is 46.6 Å². The summed E-state index contributed by atoms with van der Waals surface area (Å²) in [5.74, 6) is -0.907. The van der Waals surface area contributed by atoms with Crippen molar-refractivity contribution in [3.8, 4) is 0 Å². The van der Waals surface area contributed by atoms with Crippen LogP contribution in [0, 0.1) is 0 Å². The lowest BCUT2D eigenvalue weighted by Crippen LogP contribution is -2.02. The van der Waals surface area contributed by atoms with E-state index in [0.29, 0.717) is 0 Å². The van der Waals surface area contributed by atoms with Crippen molar-refractivity contribution in [3.05, 3.63) is 11.8 Å². The van der Waals surface area contributed by atoms with E-state index < -0.39 is 5.97 Å². The molecule has 0 aromatic heterocycles. The number of carbonyl (C=O) groups is 1. The van der Waals surface area contributed by atoms with Crippen LogP contribution in [0.2, 0.25) is 0 Å². The van der Waals surface area contributed by atoms with Gasteiger partial charge in [-0.3, -0.25) is 0 Å². The molecule has 0 bridgehead atoms. The molecule has 8 heavy (non-hydrogen) atoms. The number of carbonyl (C=O) groups excluding carboxylic acids is 1. The van der Waals surface area contributed by atoms with Crippen LogP contribution in [0.25, 0.3) is 0 Å². The summed E-state index contributed by atoms with van der Waals surface area (Å²) in [5.41, 5.74) is 0. The van der Waals surface area contributed by atoms with E-state index in [9.17, 15) is 4.79 Å². The van der Waals surface area contributed by atoms with E-state index in [0.717, 1.165) is 0 Å². The Balaban J connectivity index is 2.73. The summed E-state index contributed by atoms with van der Waals surface area (Å²) in [4.78, 5) is 10.2. The summed E-state index contributed by atoms with van der Waals surface area (Å²) in [7, 11) is 0. The molecule has 0 spiro atoms. The third kappa shape index (κ3) is 0.665. The molecule has 0 saturated carbocycles. The van der Waals surface area contributed by atoms with Gasteiger partial charge in [-0.25, -0.2) is 4.79 Å². The Morgan fingerprint density at radius 2 is 2.50 bits per heavy atom. The monoisotopic (exact) mass is 114 g/mol. The lowest BCUT2D eigenvalue weighted by molar-refractivity contribution is -0.141. The fourth-order valence-corrected chi connectivity index (χ4v) is 0.554. The fourth-order valence-electron chi connectivity index (χ4n) is 0.554. The molecule has 0 aromatic rings. The van der Waals surface area contributed by atoms with Crippen molar-refractivity contribution in [2.24, 2.45) is 0 Å². The minimum atomic E-state index is -0.627. The summed E-state index contributed by atoms with van der Waals surface area (Å²) < 4.78 is 4.49. The van der Waals surface area contributed by atoms with Gasteiger partial charge in [0.1, 0.15) is 6.10 Å². The number of aliphatic hydroxyl groups is 1. The van der Waals surface area contributed by atoms with E-state index >= 15 is 0 Å². The van der Waals surface area contributed by atoms with E-state index in [2.05, 4.69) is 4.74 Å². The number of esters is 1. The van der Waals surface area contributed by atoms with Gasteiger partial charge in [0.25, 0.3) is 0 Å². The molecule has 0 saturated heterocycles. The minimum absolute atomic E-state index is 0.262. The van der Waals surface area contributed by atoms with Crippen LogP contribution in [-0.2, 0) is 9.53 Å². The Kier molecular flexibility index (Phi) is 0.970. The highest BCUT2D eigenvalue weighted by Crippen LogP contribution is 2.08. The van der Waals surface area contributed by atoms with E-state index in [-0.39, 0.29) is 11.9 Å². The maximum absolute atomic E-state index is 10.2. The molecule has 0 amide bonds. The zero-order chi connectivity index (χ0) is 6.15. The Hall–Kier alpha value is -0.990. The van der Waals surface area contributed by atoms with Crippen molar-refractivity contribution in [2.45, 2.75) is 13.0 Å². The van der Waals surface area contributed by atoms with Crippen LogP contribution in [0.15, 0.2) is 11.8 Å². The molecular formula is C5H6O3. The van der Waals surface area contributed by atoms with Crippen LogP contribution < -0.4 is 0 Å². The third-order valence-corrected chi connectivity index (χ3v) is 0.895. The number of ether oxygens (including phenoxy) is 1. The van der Waals surface area contributed by atoms with Gasteiger partial charge in [-0.15, -0.1) is 0 Å². The molecule has 0 unspecified atom stereocenters. The van der Waals surface area contributed by atoms with Crippen LogP contribution in [-0.4, -0.2) is 17.2 Å². The highest BCUT2D eigenvalue weighted by molar-refractivity contribution is 5.88. The van der Waals surface area contributed by atoms with Crippen molar-refractivity contribution in [1.29, 1.82) is 0 Å². The normalized spacial score (nSPS) is 27.4. The standard InChI is InChI=1S/C5H6O3/c1-3-2-4(6)5(7)8-3/h2-3,6H,1H3/t3-/m0/s1. The van der Waals surface area contributed by atoms with E-state index in [1.54, 1.807) is 6.92 Å². The Morgan fingerprint density at radius 1 is 1.88 bits per heavy atom. The second kappa shape index (κ2) is 1.51. The van der Waals surface area contributed by atoms with Gasteiger partial charge >= 0.3 is 5.97 Å². The number of cyclic esters (lactones) is 1. The molecule has 0 radical (unpaired) electrons. The molecular weight excluding hydrogens is 108 g/mol. The first-order chi connectivity index (χ1) is 3.70. The fraction of sp³-hybridized carbons (Fsp3) is 0.400. The van der Waals surface area contributed by atoms with Crippen LogP contribution in [0.5, 0.6) is 0 Å². The third-order valence-electron chi connectivity index (χ3n) is 0.895. The topological polar surface area (TPSA) is 46.5 Å². The van der Waals surface area contributed by atoms with Crippen molar-refractivity contribution in [3.63, 3.8) is 0 Å². The maximum Gasteiger partial charge on any atom is 0.373 e. The van der Waals surface area contributed by atoms with Crippen LogP contribution >= 0.6 is 0 Å². The average Bonchev–Trinajstić information content (AvgIpc) is 1.85. The highest BCUT2D eigenvalue weighted by Gasteiger charge is 2.20. The molecule has 1 N–H and O–H groups in total. The van der Waals surface area contributed by atoms with E-state index in [4.69, 9.17) is 5.11 Å². The Bertz CT molecular complexity index is 148. The molecule has 3 heteroatoms. The van der Waals surface area contributed by atoms with Gasteiger partial charge in [0.15, 0.2) is 0 Å². The van der Waals surface area contributed by atoms with Gasteiger partial charge in [-0.1, -0.05) is 0 Å². The van der Waals surface area contributed by atoms with Crippen molar-refractivity contribution in [2.75, 3.05) is 0 Å². The van der Waals surface area contributed by atoms with Gasteiger partial charge in [-0.2, -0.15) is 0 Å². The second-order valence-corrected chi connectivity index (χ2v) is 1.66. The van der Waals surface area contributed by atoms with Crippen molar-refractivity contribution >= 4 is 5.97 Å². The van der Waals surface area contributed by atoms with E-state index in [1.807, 2.05) is 0 Å². The maximum atomic E-state index is 10.2. The molecule has 0 aromatic carbocycles. The lowest BCUT2D eigenvalue weighted by Gasteiger charge is -1.95. The first-order valence-corrected chi connectivity index (χ1v) is 2.32. The predicted molar refractivity (Wildman–Crippen MR) is 26.3 cm³/mol. The Morgan fingerprint density at radius 3 is 2.62 bits per heavy atom. The van der Waals surface area contributed by atoms with Gasteiger partial charge in [0.2, 0.25) is 5.76 Å². The molecule has 44 valence electrons. The van der Waals surface area contributed by atoms with Crippen molar-refractivity contribution in [1.82, 2.24) is 0 Å². The summed E-state index contributed by atoms with van der Waals surface area (Å²) in [6.07, 6.45) is 1.10. The predicted octanol–water partition coefficient (Wildman–Crippen LogP) is 0.374. The minimum Gasteiger partial charge on any atom is -0.502 e.